The first-order chi connectivity index (χ1) is 29.3. The van der Waals surface area contributed by atoms with Gasteiger partial charge >= 0.3 is 0 Å². The Morgan fingerprint density at radius 3 is 1.35 bits per heavy atom. The molecule has 6 N–H and O–H groups in total. The second-order valence-corrected chi connectivity index (χ2v) is 18.0. The van der Waals surface area contributed by atoms with E-state index in [0.29, 0.717) is 6.42 Å². The van der Waals surface area contributed by atoms with Gasteiger partial charge in [-0.15, -0.1) is 0 Å². The molecular weight excluding hydrogens is 755 g/mol. The topological polar surface area (TPSA) is 149 Å². The van der Waals surface area contributed by atoms with Crippen molar-refractivity contribution in [3.05, 3.63) is 24.3 Å². The summed E-state index contributed by atoms with van der Waals surface area (Å²) < 4.78 is 11.2. The lowest BCUT2D eigenvalue weighted by Crippen LogP contribution is -2.60. The van der Waals surface area contributed by atoms with Crippen molar-refractivity contribution in [1.29, 1.82) is 0 Å². The predicted molar refractivity (Wildman–Crippen MR) is 249 cm³/mol. The third kappa shape index (κ3) is 31.5. The van der Waals surface area contributed by atoms with Gasteiger partial charge in [0.25, 0.3) is 0 Å². The number of ether oxygens (including phenoxy) is 2. The van der Waals surface area contributed by atoms with E-state index in [4.69, 9.17) is 9.47 Å². The van der Waals surface area contributed by atoms with Crippen LogP contribution in [-0.4, -0.2) is 87.5 Å². The molecule has 1 saturated heterocycles. The van der Waals surface area contributed by atoms with Gasteiger partial charge in [-0.25, -0.2) is 0 Å². The molecule has 7 unspecified atom stereocenters. The zero-order valence-corrected chi connectivity index (χ0v) is 39.0. The third-order valence-corrected chi connectivity index (χ3v) is 12.3. The second-order valence-electron chi connectivity index (χ2n) is 18.0. The minimum Gasteiger partial charge on any atom is -0.394 e. The average molecular weight is 852 g/mol. The number of hydrogen-bond acceptors (Lipinski definition) is 8. The Kier molecular flexibility index (Phi) is 39.4. The van der Waals surface area contributed by atoms with Gasteiger partial charge in [0.15, 0.2) is 6.29 Å². The van der Waals surface area contributed by atoms with E-state index in [9.17, 15) is 30.3 Å². The molecule has 7 atom stereocenters. The zero-order chi connectivity index (χ0) is 43.7. The highest BCUT2D eigenvalue weighted by Crippen LogP contribution is 2.23. The fourth-order valence-corrected chi connectivity index (χ4v) is 8.15. The fourth-order valence-electron chi connectivity index (χ4n) is 8.15. The van der Waals surface area contributed by atoms with Gasteiger partial charge in [0, 0.05) is 6.42 Å². The molecule has 0 bridgehead atoms. The van der Waals surface area contributed by atoms with Crippen molar-refractivity contribution >= 4 is 5.91 Å². The van der Waals surface area contributed by atoms with Crippen molar-refractivity contribution in [3.8, 4) is 0 Å². The van der Waals surface area contributed by atoms with Gasteiger partial charge < -0.3 is 40.3 Å². The monoisotopic (exact) mass is 852 g/mol. The SMILES string of the molecule is CCCCCCCCCCC/C=C\CCCCCCCC(=O)NC(COC1OC(CO)C(O)C(O)C1O)C(O)/C=C/CCCCCCCCCCCCCCCCCCC. The minimum atomic E-state index is -1.57. The Morgan fingerprint density at radius 1 is 0.550 bits per heavy atom. The molecule has 1 amide bonds. The number of aliphatic hydroxyl groups is 5. The van der Waals surface area contributed by atoms with Crippen LogP contribution >= 0.6 is 0 Å². The van der Waals surface area contributed by atoms with Crippen LogP contribution in [0.1, 0.15) is 239 Å². The van der Waals surface area contributed by atoms with E-state index in [1.807, 2.05) is 6.08 Å². The molecule has 0 saturated carbocycles. The van der Waals surface area contributed by atoms with Crippen LogP contribution in [0.2, 0.25) is 0 Å². The van der Waals surface area contributed by atoms with E-state index in [1.165, 1.54) is 161 Å². The van der Waals surface area contributed by atoms with E-state index in [2.05, 4.69) is 31.3 Å². The third-order valence-electron chi connectivity index (χ3n) is 12.3. The van der Waals surface area contributed by atoms with Crippen LogP contribution in [0.3, 0.4) is 0 Å². The lowest BCUT2D eigenvalue weighted by Gasteiger charge is -2.40. The van der Waals surface area contributed by atoms with E-state index >= 15 is 0 Å². The van der Waals surface area contributed by atoms with Crippen LogP contribution in [0.25, 0.3) is 0 Å². The summed E-state index contributed by atoms with van der Waals surface area (Å²) in [5.74, 6) is -0.183. The van der Waals surface area contributed by atoms with Gasteiger partial charge in [0.1, 0.15) is 24.4 Å². The summed E-state index contributed by atoms with van der Waals surface area (Å²) >= 11 is 0. The van der Waals surface area contributed by atoms with E-state index in [0.717, 1.165) is 57.8 Å². The lowest BCUT2D eigenvalue weighted by atomic mass is 9.99. The normalized spacial score (nSPS) is 20.7. The maximum Gasteiger partial charge on any atom is 0.220 e. The Morgan fingerprint density at radius 2 is 0.933 bits per heavy atom. The number of carbonyl (C=O) groups is 1. The molecule has 60 heavy (non-hydrogen) atoms. The highest BCUT2D eigenvalue weighted by atomic mass is 16.7. The van der Waals surface area contributed by atoms with Gasteiger partial charge in [0.2, 0.25) is 5.91 Å². The number of nitrogens with one attached hydrogen (secondary N) is 1. The molecule has 1 heterocycles. The van der Waals surface area contributed by atoms with Crippen LogP contribution in [0.4, 0.5) is 0 Å². The van der Waals surface area contributed by atoms with Gasteiger partial charge in [-0.3, -0.25) is 4.79 Å². The number of hydrogen-bond donors (Lipinski definition) is 6. The van der Waals surface area contributed by atoms with E-state index < -0.39 is 49.5 Å². The summed E-state index contributed by atoms with van der Waals surface area (Å²) in [6.45, 7) is 3.79. The molecule has 0 aliphatic carbocycles. The number of amides is 1. The Balaban J connectivity index is 2.31. The highest BCUT2D eigenvalue weighted by Gasteiger charge is 2.44. The molecule has 9 heteroatoms. The fraction of sp³-hybridized carbons (Fsp3) is 0.902. The van der Waals surface area contributed by atoms with Crippen molar-refractivity contribution in [2.45, 2.75) is 281 Å². The quantitative estimate of drug-likeness (QED) is 0.0262. The van der Waals surface area contributed by atoms with Gasteiger partial charge in [-0.05, 0) is 44.9 Å². The molecule has 0 spiro atoms. The smallest absolute Gasteiger partial charge is 0.220 e. The number of aliphatic hydroxyl groups excluding tert-OH is 5. The predicted octanol–water partition coefficient (Wildman–Crippen LogP) is 11.5. The molecule has 0 aromatic rings. The molecular formula is C51H97NO8. The molecule has 354 valence electrons. The molecule has 0 radical (unpaired) electrons. The summed E-state index contributed by atoms with van der Waals surface area (Å²) in [5.41, 5.74) is 0. The number of carbonyl (C=O) groups excluding carboxylic acids is 1. The molecule has 1 aliphatic heterocycles. The molecule has 9 nitrogen and oxygen atoms in total. The van der Waals surface area contributed by atoms with Gasteiger partial charge in [0.05, 0.1) is 25.4 Å². The average Bonchev–Trinajstić information content (AvgIpc) is 3.25. The number of rotatable bonds is 43. The second kappa shape index (κ2) is 41.7. The maximum atomic E-state index is 13.0. The maximum absolute atomic E-state index is 13.0. The largest absolute Gasteiger partial charge is 0.394 e. The van der Waals surface area contributed by atoms with Crippen LogP contribution in [0.15, 0.2) is 24.3 Å². The summed E-state index contributed by atoms with van der Waals surface area (Å²) in [5, 5.41) is 54.3. The number of unbranched alkanes of at least 4 members (excludes halogenated alkanes) is 31. The summed E-state index contributed by atoms with van der Waals surface area (Å²) in [6, 6.07) is -0.806. The van der Waals surface area contributed by atoms with Crippen molar-refractivity contribution in [2.24, 2.45) is 0 Å². The minimum absolute atomic E-state index is 0.183. The van der Waals surface area contributed by atoms with Gasteiger partial charge in [-0.2, -0.15) is 0 Å². The molecule has 0 aromatic heterocycles. The zero-order valence-electron chi connectivity index (χ0n) is 39.0. The summed E-state index contributed by atoms with van der Waals surface area (Å²) in [4.78, 5) is 13.0. The molecule has 1 fully saturated rings. The standard InChI is InChI=1S/C51H97NO8/c1-3-5-7-9-11-13-15-17-19-21-23-24-26-28-30-32-34-36-38-40-45(54)44(43-59-51-50(58)49(57)48(56)46(42-53)60-51)52-47(55)41-39-37-35-33-31-29-27-25-22-20-18-16-14-12-10-8-6-4-2/h25,27,38,40,44-46,48-51,53-54,56-58H,3-24,26,28-37,39,41-43H2,1-2H3,(H,52,55)/b27-25-,40-38+. The molecule has 0 aromatic carbocycles. The Hall–Kier alpha value is -1.33. The van der Waals surface area contributed by atoms with E-state index in [-0.39, 0.29) is 12.5 Å². The van der Waals surface area contributed by atoms with Crippen molar-refractivity contribution < 1.29 is 39.8 Å². The first kappa shape index (κ1) is 56.7. The highest BCUT2D eigenvalue weighted by molar-refractivity contribution is 5.76. The first-order valence-corrected chi connectivity index (χ1v) is 25.6. The van der Waals surface area contributed by atoms with Crippen LogP contribution in [0, 0.1) is 0 Å². The van der Waals surface area contributed by atoms with Crippen LogP contribution < -0.4 is 5.32 Å². The first-order valence-electron chi connectivity index (χ1n) is 25.6. The van der Waals surface area contributed by atoms with Gasteiger partial charge in [-0.1, -0.05) is 212 Å². The van der Waals surface area contributed by atoms with Crippen molar-refractivity contribution in [2.75, 3.05) is 13.2 Å². The summed E-state index contributed by atoms with van der Waals surface area (Å²) in [7, 11) is 0. The van der Waals surface area contributed by atoms with Crippen molar-refractivity contribution in [1.82, 2.24) is 5.32 Å². The Bertz CT molecular complexity index is 992. The molecule has 1 aliphatic rings. The Labute approximate surface area is 369 Å². The van der Waals surface area contributed by atoms with Crippen LogP contribution in [0.5, 0.6) is 0 Å². The number of allylic oxidation sites excluding steroid dienone is 3. The summed E-state index contributed by atoms with van der Waals surface area (Å²) in [6.07, 6.45) is 43.6. The van der Waals surface area contributed by atoms with Crippen LogP contribution in [-0.2, 0) is 14.3 Å². The van der Waals surface area contributed by atoms with E-state index in [1.54, 1.807) is 6.08 Å². The van der Waals surface area contributed by atoms with Crippen molar-refractivity contribution in [3.63, 3.8) is 0 Å². The lowest BCUT2D eigenvalue weighted by molar-refractivity contribution is -0.302. The molecule has 1 rings (SSSR count).